The second kappa shape index (κ2) is 6.91. The van der Waals surface area contributed by atoms with Crippen molar-refractivity contribution in [1.82, 2.24) is 5.32 Å². The minimum atomic E-state index is 0.473. The van der Waals surface area contributed by atoms with Gasteiger partial charge in [0.05, 0.1) is 6.61 Å². The molecule has 2 atom stereocenters. The molecular formula is C16H25NO. The summed E-state index contributed by atoms with van der Waals surface area (Å²) < 4.78 is 5.55. The van der Waals surface area contributed by atoms with Gasteiger partial charge in [-0.3, -0.25) is 0 Å². The summed E-state index contributed by atoms with van der Waals surface area (Å²) in [7, 11) is 2.04. The van der Waals surface area contributed by atoms with Crippen LogP contribution in [0.4, 0.5) is 0 Å². The zero-order valence-corrected chi connectivity index (χ0v) is 11.6. The van der Waals surface area contributed by atoms with Gasteiger partial charge < -0.3 is 10.1 Å². The summed E-state index contributed by atoms with van der Waals surface area (Å²) in [6, 6.07) is 9.41. The monoisotopic (exact) mass is 247 g/mol. The quantitative estimate of drug-likeness (QED) is 0.834. The predicted octanol–water partition coefficient (Wildman–Crippen LogP) is 3.12. The Morgan fingerprint density at radius 2 is 2.22 bits per heavy atom. The van der Waals surface area contributed by atoms with E-state index in [1.807, 2.05) is 7.05 Å². The molecule has 0 radical (unpaired) electrons. The van der Waals surface area contributed by atoms with Crippen LogP contribution in [0.1, 0.15) is 43.2 Å². The van der Waals surface area contributed by atoms with Gasteiger partial charge in [0.2, 0.25) is 0 Å². The minimum absolute atomic E-state index is 0.473. The number of rotatable bonds is 6. The summed E-state index contributed by atoms with van der Waals surface area (Å²) in [6.45, 7) is 3.69. The molecule has 0 aliphatic heterocycles. The van der Waals surface area contributed by atoms with Crippen LogP contribution in [0.5, 0.6) is 0 Å². The molecule has 0 fully saturated rings. The molecule has 2 nitrogen and oxygen atoms in total. The zero-order valence-electron chi connectivity index (χ0n) is 11.6. The summed E-state index contributed by atoms with van der Waals surface area (Å²) in [5.74, 6) is 0.702. The molecule has 100 valence electrons. The van der Waals surface area contributed by atoms with Crippen LogP contribution in [0.15, 0.2) is 24.3 Å². The lowest BCUT2D eigenvalue weighted by molar-refractivity contribution is 0.119. The smallest absolute Gasteiger partial charge is 0.0619 e. The Labute approximate surface area is 111 Å². The molecule has 0 spiro atoms. The van der Waals surface area contributed by atoms with E-state index in [1.54, 1.807) is 11.1 Å². The van der Waals surface area contributed by atoms with Crippen LogP contribution in [-0.2, 0) is 11.2 Å². The average molecular weight is 247 g/mol. The van der Waals surface area contributed by atoms with Crippen molar-refractivity contribution in [2.75, 3.05) is 20.3 Å². The molecular weight excluding hydrogens is 222 g/mol. The third-order valence-corrected chi connectivity index (χ3v) is 3.99. The van der Waals surface area contributed by atoms with Gasteiger partial charge in [-0.25, -0.2) is 0 Å². The van der Waals surface area contributed by atoms with Gasteiger partial charge in [0, 0.05) is 12.6 Å². The number of nitrogens with one attached hydrogen (secondary N) is 1. The van der Waals surface area contributed by atoms with Gasteiger partial charge in [-0.05, 0) is 56.7 Å². The van der Waals surface area contributed by atoms with E-state index in [2.05, 4.69) is 36.5 Å². The van der Waals surface area contributed by atoms with E-state index in [4.69, 9.17) is 4.74 Å². The van der Waals surface area contributed by atoms with Crippen LogP contribution in [0.3, 0.4) is 0 Å². The number of likely N-dealkylation sites (N-methyl/N-ethyl adjacent to an activating group) is 1. The first-order valence-corrected chi connectivity index (χ1v) is 7.18. The van der Waals surface area contributed by atoms with Gasteiger partial charge in [-0.2, -0.15) is 0 Å². The van der Waals surface area contributed by atoms with E-state index >= 15 is 0 Å². The number of ether oxygens (including phenoxy) is 1. The molecule has 0 heterocycles. The van der Waals surface area contributed by atoms with Gasteiger partial charge in [-0.1, -0.05) is 24.3 Å². The van der Waals surface area contributed by atoms with Gasteiger partial charge in [0.25, 0.3) is 0 Å². The van der Waals surface area contributed by atoms with Crippen molar-refractivity contribution in [1.29, 1.82) is 0 Å². The highest BCUT2D eigenvalue weighted by molar-refractivity contribution is 5.32. The first kappa shape index (κ1) is 13.6. The predicted molar refractivity (Wildman–Crippen MR) is 76.1 cm³/mol. The van der Waals surface area contributed by atoms with Crippen molar-refractivity contribution in [3.8, 4) is 0 Å². The molecule has 1 aromatic rings. The molecule has 0 bridgehead atoms. The lowest BCUT2D eigenvalue weighted by Crippen LogP contribution is -2.32. The Bertz CT molecular complexity index is 364. The second-order valence-corrected chi connectivity index (χ2v) is 5.17. The van der Waals surface area contributed by atoms with E-state index in [9.17, 15) is 0 Å². The SMILES string of the molecule is CCOCC(CC1CCCc2ccccc21)NC. The topological polar surface area (TPSA) is 21.3 Å². The van der Waals surface area contributed by atoms with Crippen molar-refractivity contribution in [3.63, 3.8) is 0 Å². The normalized spacial score (nSPS) is 20.4. The summed E-state index contributed by atoms with van der Waals surface area (Å²) >= 11 is 0. The highest BCUT2D eigenvalue weighted by atomic mass is 16.5. The van der Waals surface area contributed by atoms with E-state index in [0.29, 0.717) is 12.0 Å². The van der Waals surface area contributed by atoms with Crippen LogP contribution in [0, 0.1) is 0 Å². The fourth-order valence-corrected chi connectivity index (χ4v) is 2.97. The largest absolute Gasteiger partial charge is 0.380 e. The number of hydrogen-bond acceptors (Lipinski definition) is 2. The van der Waals surface area contributed by atoms with Gasteiger partial charge in [-0.15, -0.1) is 0 Å². The standard InChI is InChI=1S/C16H25NO/c1-3-18-12-15(17-2)11-14-9-6-8-13-7-4-5-10-16(13)14/h4-5,7,10,14-15,17H,3,6,8-9,11-12H2,1-2H3. The lowest BCUT2D eigenvalue weighted by atomic mass is 9.79. The van der Waals surface area contributed by atoms with Crippen molar-refractivity contribution in [2.24, 2.45) is 0 Å². The highest BCUT2D eigenvalue weighted by Gasteiger charge is 2.22. The molecule has 0 saturated carbocycles. The Morgan fingerprint density at radius 3 is 3.00 bits per heavy atom. The first-order chi connectivity index (χ1) is 8.85. The molecule has 2 rings (SSSR count). The highest BCUT2D eigenvalue weighted by Crippen LogP contribution is 2.34. The van der Waals surface area contributed by atoms with E-state index < -0.39 is 0 Å². The lowest BCUT2D eigenvalue weighted by Gasteiger charge is -2.28. The Kier molecular flexibility index (Phi) is 5.21. The maximum atomic E-state index is 5.55. The Balaban J connectivity index is 2.01. The summed E-state index contributed by atoms with van der Waals surface area (Å²) in [4.78, 5) is 0. The maximum Gasteiger partial charge on any atom is 0.0619 e. The maximum absolute atomic E-state index is 5.55. The van der Waals surface area contributed by atoms with E-state index in [-0.39, 0.29) is 0 Å². The molecule has 0 aromatic heterocycles. The Hall–Kier alpha value is -0.860. The van der Waals surface area contributed by atoms with Crippen molar-refractivity contribution >= 4 is 0 Å². The van der Waals surface area contributed by atoms with Gasteiger partial charge >= 0.3 is 0 Å². The number of benzene rings is 1. The molecule has 0 amide bonds. The van der Waals surface area contributed by atoms with Gasteiger partial charge in [0.1, 0.15) is 0 Å². The summed E-state index contributed by atoms with van der Waals surface area (Å²) in [5, 5.41) is 3.39. The molecule has 1 N–H and O–H groups in total. The zero-order chi connectivity index (χ0) is 12.8. The van der Waals surface area contributed by atoms with Crippen molar-refractivity contribution in [3.05, 3.63) is 35.4 Å². The molecule has 1 aliphatic rings. The fraction of sp³-hybridized carbons (Fsp3) is 0.625. The molecule has 0 saturated heterocycles. The number of hydrogen-bond donors (Lipinski definition) is 1. The van der Waals surface area contributed by atoms with E-state index in [0.717, 1.165) is 13.2 Å². The molecule has 1 aliphatic carbocycles. The molecule has 18 heavy (non-hydrogen) atoms. The van der Waals surface area contributed by atoms with Crippen molar-refractivity contribution in [2.45, 2.75) is 44.6 Å². The number of fused-ring (bicyclic) bond motifs is 1. The van der Waals surface area contributed by atoms with Crippen LogP contribution in [0.2, 0.25) is 0 Å². The van der Waals surface area contributed by atoms with Crippen LogP contribution >= 0.6 is 0 Å². The van der Waals surface area contributed by atoms with Crippen LogP contribution in [-0.4, -0.2) is 26.3 Å². The van der Waals surface area contributed by atoms with Gasteiger partial charge in [0.15, 0.2) is 0 Å². The van der Waals surface area contributed by atoms with E-state index in [1.165, 1.54) is 25.7 Å². The summed E-state index contributed by atoms with van der Waals surface area (Å²) in [5.41, 5.74) is 3.13. The Morgan fingerprint density at radius 1 is 1.39 bits per heavy atom. The van der Waals surface area contributed by atoms with Crippen LogP contribution in [0.25, 0.3) is 0 Å². The fourth-order valence-electron chi connectivity index (χ4n) is 2.97. The van der Waals surface area contributed by atoms with Crippen LogP contribution < -0.4 is 5.32 Å². The first-order valence-electron chi connectivity index (χ1n) is 7.18. The third-order valence-electron chi connectivity index (χ3n) is 3.99. The minimum Gasteiger partial charge on any atom is -0.380 e. The van der Waals surface area contributed by atoms with Crippen molar-refractivity contribution < 1.29 is 4.74 Å². The third kappa shape index (κ3) is 3.33. The average Bonchev–Trinajstić information content (AvgIpc) is 2.43. The summed E-state index contributed by atoms with van der Waals surface area (Å²) in [6.07, 6.45) is 5.09. The molecule has 2 unspecified atom stereocenters. The number of aryl methyl sites for hydroxylation is 1. The molecule has 1 aromatic carbocycles. The molecule has 2 heteroatoms. The second-order valence-electron chi connectivity index (χ2n) is 5.17.